The molecule has 2 N–H and O–H groups in total. The van der Waals surface area contributed by atoms with Crippen molar-refractivity contribution in [1.82, 2.24) is 15.5 Å². The van der Waals surface area contributed by atoms with Gasteiger partial charge in [0.25, 0.3) is 0 Å². The smallest absolute Gasteiger partial charge is 0.234 e. The van der Waals surface area contributed by atoms with Gasteiger partial charge in [-0.2, -0.15) is 0 Å². The molecule has 0 bridgehead atoms. The molecule has 1 aliphatic carbocycles. The van der Waals surface area contributed by atoms with Crippen molar-refractivity contribution in [2.45, 2.75) is 57.0 Å². The summed E-state index contributed by atoms with van der Waals surface area (Å²) in [5.41, 5.74) is 0. The Bertz CT molecular complexity index is 263. The molecule has 2 aliphatic rings. The molecule has 1 saturated carbocycles. The molecule has 2 fully saturated rings. The van der Waals surface area contributed by atoms with Gasteiger partial charge in [-0.1, -0.05) is 19.3 Å². The van der Waals surface area contributed by atoms with Gasteiger partial charge in [-0.25, -0.2) is 0 Å². The Balaban J connectivity index is 0.00000180. The van der Waals surface area contributed by atoms with E-state index in [0.717, 1.165) is 25.9 Å². The van der Waals surface area contributed by atoms with Crippen molar-refractivity contribution in [1.29, 1.82) is 0 Å². The molecule has 4 nitrogen and oxygen atoms in total. The molecule has 0 aromatic heterocycles. The van der Waals surface area contributed by atoms with E-state index in [-0.39, 0.29) is 18.3 Å². The number of halogens is 1. The van der Waals surface area contributed by atoms with Crippen LogP contribution < -0.4 is 10.6 Å². The lowest BCUT2D eigenvalue weighted by molar-refractivity contribution is -0.123. The number of carbonyl (C=O) groups is 1. The minimum Gasteiger partial charge on any atom is -0.352 e. The number of hydrogen-bond acceptors (Lipinski definition) is 3. The molecule has 1 amide bonds. The van der Waals surface area contributed by atoms with Crippen LogP contribution >= 0.6 is 12.4 Å². The van der Waals surface area contributed by atoms with Crippen LogP contribution in [-0.4, -0.2) is 49.6 Å². The summed E-state index contributed by atoms with van der Waals surface area (Å²) >= 11 is 0. The summed E-state index contributed by atoms with van der Waals surface area (Å²) in [5, 5.41) is 6.55. The lowest BCUT2D eigenvalue weighted by atomic mass is 9.95. The average Bonchev–Trinajstić information content (AvgIpc) is 2.40. The van der Waals surface area contributed by atoms with E-state index in [4.69, 9.17) is 0 Å². The summed E-state index contributed by atoms with van der Waals surface area (Å²) in [4.78, 5) is 14.2. The van der Waals surface area contributed by atoms with Gasteiger partial charge in [-0.05, 0) is 45.8 Å². The first-order valence-electron chi connectivity index (χ1n) is 7.46. The van der Waals surface area contributed by atoms with Crippen LogP contribution in [0.4, 0.5) is 0 Å². The fraction of sp³-hybridized carbons (Fsp3) is 0.929. The van der Waals surface area contributed by atoms with Crippen molar-refractivity contribution in [2.24, 2.45) is 0 Å². The van der Waals surface area contributed by atoms with Crippen molar-refractivity contribution < 1.29 is 4.79 Å². The summed E-state index contributed by atoms with van der Waals surface area (Å²) in [6, 6.07) is 1.01. The molecule has 19 heavy (non-hydrogen) atoms. The maximum absolute atomic E-state index is 12.0. The van der Waals surface area contributed by atoms with Gasteiger partial charge in [0.05, 0.1) is 6.54 Å². The second kappa shape index (κ2) is 8.77. The fourth-order valence-electron chi connectivity index (χ4n) is 3.12. The highest BCUT2D eigenvalue weighted by atomic mass is 35.5. The first-order chi connectivity index (χ1) is 8.75. The van der Waals surface area contributed by atoms with Crippen LogP contribution in [0.25, 0.3) is 0 Å². The second-order valence-corrected chi connectivity index (χ2v) is 5.80. The van der Waals surface area contributed by atoms with Gasteiger partial charge in [0.1, 0.15) is 0 Å². The topological polar surface area (TPSA) is 44.4 Å². The number of rotatable bonds is 4. The van der Waals surface area contributed by atoms with Gasteiger partial charge in [-0.3, -0.25) is 9.69 Å². The third kappa shape index (κ3) is 5.67. The zero-order chi connectivity index (χ0) is 12.8. The predicted molar refractivity (Wildman–Crippen MR) is 80.8 cm³/mol. The Labute approximate surface area is 123 Å². The van der Waals surface area contributed by atoms with Gasteiger partial charge in [0, 0.05) is 12.1 Å². The lowest BCUT2D eigenvalue weighted by Gasteiger charge is -2.32. The Morgan fingerprint density at radius 3 is 2.42 bits per heavy atom. The van der Waals surface area contributed by atoms with Gasteiger partial charge in [0.15, 0.2) is 0 Å². The highest BCUT2D eigenvalue weighted by Gasteiger charge is 2.21. The maximum Gasteiger partial charge on any atom is 0.234 e. The van der Waals surface area contributed by atoms with E-state index in [1.165, 1.54) is 32.1 Å². The molecule has 0 spiro atoms. The van der Waals surface area contributed by atoms with Gasteiger partial charge < -0.3 is 10.6 Å². The van der Waals surface area contributed by atoms with E-state index in [9.17, 15) is 4.79 Å². The lowest BCUT2D eigenvalue weighted by Crippen LogP contribution is -2.47. The Kier molecular flexibility index (Phi) is 7.73. The number of hydrogen-bond donors (Lipinski definition) is 2. The molecule has 0 aromatic rings. The third-order valence-corrected chi connectivity index (χ3v) is 4.30. The summed E-state index contributed by atoms with van der Waals surface area (Å²) in [6.07, 6.45) is 8.54. The molecule has 0 aromatic carbocycles. The fourth-order valence-corrected chi connectivity index (χ4v) is 3.12. The molecule has 1 heterocycles. The normalized spacial score (nSPS) is 22.0. The SMILES string of the molecule is CN(CC(=O)NC1CCCCC1)C1CCNCC1.Cl. The van der Waals surface area contributed by atoms with Crippen molar-refractivity contribution in [3.63, 3.8) is 0 Å². The molecule has 5 heteroatoms. The highest BCUT2D eigenvalue weighted by molar-refractivity contribution is 5.85. The molecule has 0 atom stereocenters. The summed E-state index contributed by atoms with van der Waals surface area (Å²) in [5.74, 6) is 0.211. The van der Waals surface area contributed by atoms with Crippen LogP contribution in [0.2, 0.25) is 0 Å². The second-order valence-electron chi connectivity index (χ2n) is 5.80. The molecule has 0 unspecified atom stereocenters. The Hall–Kier alpha value is -0.320. The minimum absolute atomic E-state index is 0. The number of nitrogens with zero attached hydrogens (tertiary/aromatic N) is 1. The zero-order valence-electron chi connectivity index (χ0n) is 12.0. The summed E-state index contributed by atoms with van der Waals surface area (Å²) < 4.78 is 0. The number of likely N-dealkylation sites (N-methyl/N-ethyl adjacent to an activating group) is 1. The van der Waals surface area contributed by atoms with Crippen molar-refractivity contribution >= 4 is 18.3 Å². The molecule has 1 aliphatic heterocycles. The zero-order valence-corrected chi connectivity index (χ0v) is 12.8. The molecule has 112 valence electrons. The van der Waals surface area contributed by atoms with Crippen LogP contribution in [0.5, 0.6) is 0 Å². The molecular formula is C14H28ClN3O. The number of carbonyl (C=O) groups excluding carboxylic acids is 1. The van der Waals surface area contributed by atoms with Gasteiger partial charge >= 0.3 is 0 Å². The van der Waals surface area contributed by atoms with Crippen molar-refractivity contribution in [3.05, 3.63) is 0 Å². The minimum atomic E-state index is 0. The summed E-state index contributed by atoms with van der Waals surface area (Å²) in [7, 11) is 2.08. The molecular weight excluding hydrogens is 262 g/mol. The molecule has 0 radical (unpaired) electrons. The average molecular weight is 290 g/mol. The van der Waals surface area contributed by atoms with Crippen LogP contribution in [0.15, 0.2) is 0 Å². The van der Waals surface area contributed by atoms with E-state index < -0.39 is 0 Å². The van der Waals surface area contributed by atoms with Gasteiger partial charge in [-0.15, -0.1) is 12.4 Å². The van der Waals surface area contributed by atoms with E-state index in [2.05, 4.69) is 22.6 Å². The van der Waals surface area contributed by atoms with Crippen LogP contribution in [0.1, 0.15) is 44.9 Å². The third-order valence-electron chi connectivity index (χ3n) is 4.30. The van der Waals surface area contributed by atoms with Crippen LogP contribution in [0.3, 0.4) is 0 Å². The Morgan fingerprint density at radius 1 is 1.16 bits per heavy atom. The predicted octanol–water partition coefficient (Wildman–Crippen LogP) is 1.54. The van der Waals surface area contributed by atoms with E-state index >= 15 is 0 Å². The van der Waals surface area contributed by atoms with Crippen molar-refractivity contribution in [3.8, 4) is 0 Å². The monoisotopic (exact) mass is 289 g/mol. The van der Waals surface area contributed by atoms with Crippen LogP contribution in [0, 0.1) is 0 Å². The summed E-state index contributed by atoms with van der Waals surface area (Å²) in [6.45, 7) is 2.72. The maximum atomic E-state index is 12.0. The van der Waals surface area contributed by atoms with E-state index in [1.54, 1.807) is 0 Å². The number of amides is 1. The largest absolute Gasteiger partial charge is 0.352 e. The first kappa shape index (κ1) is 16.7. The van der Waals surface area contributed by atoms with Gasteiger partial charge in [0.2, 0.25) is 5.91 Å². The highest BCUT2D eigenvalue weighted by Crippen LogP contribution is 2.17. The number of nitrogens with one attached hydrogen (secondary N) is 2. The molecule has 1 saturated heterocycles. The van der Waals surface area contributed by atoms with Crippen molar-refractivity contribution in [2.75, 3.05) is 26.7 Å². The van der Waals surface area contributed by atoms with E-state index in [1.807, 2.05) is 0 Å². The van der Waals surface area contributed by atoms with Crippen LogP contribution in [-0.2, 0) is 4.79 Å². The Morgan fingerprint density at radius 2 is 1.79 bits per heavy atom. The number of piperidine rings is 1. The molecule has 2 rings (SSSR count). The standard InChI is InChI=1S/C14H27N3O.ClH/c1-17(13-7-9-15-10-8-13)11-14(18)16-12-5-3-2-4-6-12;/h12-13,15H,2-11H2,1H3,(H,16,18);1H. The quantitative estimate of drug-likeness (QED) is 0.825. The first-order valence-corrected chi connectivity index (χ1v) is 7.46. The van der Waals surface area contributed by atoms with E-state index in [0.29, 0.717) is 18.6 Å².